The zero-order valence-corrected chi connectivity index (χ0v) is 12.1. The van der Waals surface area contributed by atoms with Crippen LogP contribution in [0.5, 0.6) is 0 Å². The summed E-state index contributed by atoms with van der Waals surface area (Å²) >= 11 is 0. The molecular formula is C13H22O6. The van der Waals surface area contributed by atoms with Gasteiger partial charge in [0.1, 0.15) is 5.60 Å². The van der Waals surface area contributed by atoms with Crippen LogP contribution in [0.3, 0.4) is 0 Å². The highest BCUT2D eigenvalue weighted by Crippen LogP contribution is 2.26. The van der Waals surface area contributed by atoms with Gasteiger partial charge in [-0.1, -0.05) is 0 Å². The summed E-state index contributed by atoms with van der Waals surface area (Å²) in [6.45, 7) is 8.47. The molecule has 19 heavy (non-hydrogen) atoms. The van der Waals surface area contributed by atoms with Crippen molar-refractivity contribution in [2.24, 2.45) is 0 Å². The Morgan fingerprint density at radius 3 is 2.47 bits per heavy atom. The Balaban J connectivity index is 2.42. The first-order valence-corrected chi connectivity index (χ1v) is 6.29. The third kappa shape index (κ3) is 5.57. The molecule has 1 saturated heterocycles. The normalized spacial score (nSPS) is 23.9. The number of cyclic esters (lactones) is 1. The van der Waals surface area contributed by atoms with Gasteiger partial charge < -0.3 is 19.3 Å². The zero-order valence-electron chi connectivity index (χ0n) is 12.1. The second kappa shape index (κ2) is 5.46. The third-order valence-corrected chi connectivity index (χ3v) is 2.34. The van der Waals surface area contributed by atoms with Crippen LogP contribution in [0.2, 0.25) is 0 Å². The van der Waals surface area contributed by atoms with Gasteiger partial charge in [-0.15, -0.1) is 0 Å². The molecular weight excluding hydrogens is 252 g/mol. The molecule has 2 atom stereocenters. The average Bonchev–Trinajstić information content (AvgIpc) is 2.34. The average molecular weight is 274 g/mol. The maximum absolute atomic E-state index is 11.5. The van der Waals surface area contributed by atoms with Crippen LogP contribution in [0, 0.1) is 0 Å². The summed E-state index contributed by atoms with van der Waals surface area (Å²) in [5.74, 6) is -2.01. The second-order valence-corrected chi connectivity index (χ2v) is 6.11. The molecule has 0 spiro atoms. The molecule has 0 aromatic heterocycles. The number of rotatable bonds is 4. The van der Waals surface area contributed by atoms with Crippen molar-refractivity contribution < 1.29 is 28.9 Å². The topological polar surface area (TPSA) is 82.1 Å². The lowest BCUT2D eigenvalue weighted by Crippen LogP contribution is -2.30. The highest BCUT2D eigenvalue weighted by Gasteiger charge is 2.42. The summed E-state index contributed by atoms with van der Waals surface area (Å²) < 4.78 is 15.4. The van der Waals surface area contributed by atoms with Gasteiger partial charge in [-0.25, -0.2) is 4.79 Å². The molecule has 0 radical (unpaired) electrons. The number of aliphatic hydroxyl groups excluding tert-OH is 1. The molecule has 1 aliphatic heterocycles. The number of carbonyl (C=O) groups excluding carboxylic acids is 2. The minimum atomic E-state index is -0.999. The molecule has 1 fully saturated rings. The molecule has 1 aliphatic rings. The lowest BCUT2D eigenvalue weighted by Gasteiger charge is -2.21. The molecule has 1 rings (SSSR count). The Labute approximate surface area is 113 Å². The van der Waals surface area contributed by atoms with Crippen molar-refractivity contribution in [3.05, 3.63) is 0 Å². The Hall–Kier alpha value is -1.14. The van der Waals surface area contributed by atoms with Crippen LogP contribution in [-0.4, -0.2) is 40.6 Å². The van der Waals surface area contributed by atoms with Crippen LogP contribution in [0.1, 0.15) is 47.5 Å². The molecule has 0 aromatic carbocycles. The third-order valence-electron chi connectivity index (χ3n) is 2.34. The fourth-order valence-electron chi connectivity index (χ4n) is 1.77. The van der Waals surface area contributed by atoms with Gasteiger partial charge in [0.25, 0.3) is 0 Å². The SMILES string of the molecule is CC(C)(C)OC(=O)CC(O)CC1OC(C)(C)OC1=O. The number of carbonyl (C=O) groups is 2. The first-order chi connectivity index (χ1) is 8.48. The van der Waals surface area contributed by atoms with E-state index in [1.807, 2.05) is 0 Å². The smallest absolute Gasteiger partial charge is 0.338 e. The number of esters is 2. The second-order valence-electron chi connectivity index (χ2n) is 6.11. The number of hydrogen-bond donors (Lipinski definition) is 1. The molecule has 6 nitrogen and oxygen atoms in total. The highest BCUT2D eigenvalue weighted by molar-refractivity contribution is 5.77. The van der Waals surface area contributed by atoms with E-state index in [0.717, 1.165) is 0 Å². The minimum Gasteiger partial charge on any atom is -0.460 e. The van der Waals surface area contributed by atoms with E-state index in [-0.39, 0.29) is 12.8 Å². The Bertz CT molecular complexity index is 355. The van der Waals surface area contributed by atoms with Crippen LogP contribution in [0.15, 0.2) is 0 Å². The van der Waals surface area contributed by atoms with E-state index in [1.165, 1.54) is 0 Å². The van der Waals surface area contributed by atoms with Gasteiger partial charge in [-0.3, -0.25) is 4.79 Å². The summed E-state index contributed by atoms with van der Waals surface area (Å²) in [5, 5.41) is 9.78. The molecule has 0 saturated carbocycles. The number of ether oxygens (including phenoxy) is 3. The zero-order chi connectivity index (χ0) is 14.8. The molecule has 0 aliphatic carbocycles. The van der Waals surface area contributed by atoms with Gasteiger partial charge in [-0.05, 0) is 20.8 Å². The molecule has 1 N–H and O–H groups in total. The van der Waals surface area contributed by atoms with Crippen LogP contribution in [0.4, 0.5) is 0 Å². The minimum absolute atomic E-state index is 0.0154. The highest BCUT2D eigenvalue weighted by atomic mass is 16.8. The lowest BCUT2D eigenvalue weighted by molar-refractivity contribution is -0.161. The van der Waals surface area contributed by atoms with Crippen LogP contribution in [0.25, 0.3) is 0 Å². The van der Waals surface area contributed by atoms with Crippen molar-refractivity contribution in [2.45, 2.75) is 71.1 Å². The maximum atomic E-state index is 11.5. The van der Waals surface area contributed by atoms with E-state index in [0.29, 0.717) is 0 Å². The van der Waals surface area contributed by atoms with Crippen LogP contribution >= 0.6 is 0 Å². The van der Waals surface area contributed by atoms with Crippen molar-refractivity contribution in [1.29, 1.82) is 0 Å². The van der Waals surface area contributed by atoms with Crippen LogP contribution in [-0.2, 0) is 23.8 Å². The van der Waals surface area contributed by atoms with E-state index < -0.39 is 35.5 Å². The molecule has 6 heteroatoms. The Kier molecular flexibility index (Phi) is 4.58. The molecule has 0 aromatic rings. The Morgan fingerprint density at radius 1 is 1.47 bits per heavy atom. The predicted octanol–water partition coefficient (Wildman–Crippen LogP) is 1.15. The lowest BCUT2D eigenvalue weighted by atomic mass is 10.1. The fourth-order valence-corrected chi connectivity index (χ4v) is 1.77. The molecule has 0 amide bonds. The largest absolute Gasteiger partial charge is 0.460 e. The number of aliphatic hydroxyl groups is 1. The molecule has 110 valence electrons. The summed E-state index contributed by atoms with van der Waals surface area (Å²) in [5.41, 5.74) is -0.596. The van der Waals surface area contributed by atoms with Crippen molar-refractivity contribution >= 4 is 11.9 Å². The van der Waals surface area contributed by atoms with Gasteiger partial charge in [0, 0.05) is 20.3 Å². The molecule has 2 unspecified atom stereocenters. The Morgan fingerprint density at radius 2 is 2.05 bits per heavy atom. The van der Waals surface area contributed by atoms with E-state index in [9.17, 15) is 14.7 Å². The van der Waals surface area contributed by atoms with Crippen molar-refractivity contribution in [2.75, 3.05) is 0 Å². The van der Waals surface area contributed by atoms with Crippen LogP contribution < -0.4 is 0 Å². The standard InChI is InChI=1S/C13H22O6/c1-12(2,3)18-10(15)7-8(14)6-9-11(16)19-13(4,5)17-9/h8-9,14H,6-7H2,1-5H3. The molecule has 1 heterocycles. The van der Waals surface area contributed by atoms with E-state index in [4.69, 9.17) is 14.2 Å². The maximum Gasteiger partial charge on any atom is 0.338 e. The van der Waals surface area contributed by atoms with Gasteiger partial charge in [-0.2, -0.15) is 0 Å². The number of hydrogen-bond acceptors (Lipinski definition) is 6. The van der Waals surface area contributed by atoms with Gasteiger partial charge >= 0.3 is 11.9 Å². The van der Waals surface area contributed by atoms with E-state index in [2.05, 4.69) is 0 Å². The quantitative estimate of drug-likeness (QED) is 0.774. The summed E-state index contributed by atoms with van der Waals surface area (Å²) in [4.78, 5) is 23.0. The van der Waals surface area contributed by atoms with E-state index >= 15 is 0 Å². The van der Waals surface area contributed by atoms with Gasteiger partial charge in [0.05, 0.1) is 12.5 Å². The summed E-state index contributed by atoms with van der Waals surface area (Å²) in [6, 6.07) is 0. The van der Waals surface area contributed by atoms with Gasteiger partial charge in [0.15, 0.2) is 6.10 Å². The van der Waals surface area contributed by atoms with Gasteiger partial charge in [0.2, 0.25) is 5.79 Å². The van der Waals surface area contributed by atoms with Crippen molar-refractivity contribution in [1.82, 2.24) is 0 Å². The first-order valence-electron chi connectivity index (χ1n) is 6.29. The first kappa shape index (κ1) is 15.9. The summed E-state index contributed by atoms with van der Waals surface area (Å²) in [7, 11) is 0. The predicted molar refractivity (Wildman–Crippen MR) is 66.1 cm³/mol. The fraction of sp³-hybridized carbons (Fsp3) is 0.846. The van der Waals surface area contributed by atoms with Crippen molar-refractivity contribution in [3.8, 4) is 0 Å². The summed E-state index contributed by atoms with van der Waals surface area (Å²) in [6.07, 6.45) is -2.00. The monoisotopic (exact) mass is 274 g/mol. The van der Waals surface area contributed by atoms with E-state index in [1.54, 1.807) is 34.6 Å². The van der Waals surface area contributed by atoms with Crippen molar-refractivity contribution in [3.63, 3.8) is 0 Å². The molecule has 0 bridgehead atoms.